The van der Waals surface area contributed by atoms with Gasteiger partial charge in [-0.1, -0.05) is 115 Å². The summed E-state index contributed by atoms with van der Waals surface area (Å²) in [6.45, 7) is 5.35. The third kappa shape index (κ3) is 10.4. The Hall–Kier alpha value is -3.03. The van der Waals surface area contributed by atoms with Gasteiger partial charge in [0.25, 0.3) is 0 Å². The number of rotatable bonds is 11. The standard InChI is InChI=1S/C31H35NO4S2/c1-31(2,3)36-30(35)32-26(20-19-23-13-7-4-8-14-23)27(28(33)37-21-24-15-9-5-10-16-24)29(34)38-22-25-17-11-6-12-18-25/h4-18,26-27H,19-22H2,1-3H3,(H,32,35)/t26-/m1/s1. The molecule has 0 saturated heterocycles. The fourth-order valence-electron chi connectivity index (χ4n) is 3.81. The maximum Gasteiger partial charge on any atom is 0.407 e. The molecule has 0 bridgehead atoms. The van der Waals surface area contributed by atoms with Crippen LogP contribution in [-0.4, -0.2) is 28.0 Å². The van der Waals surface area contributed by atoms with Gasteiger partial charge in [-0.3, -0.25) is 9.59 Å². The lowest BCUT2D eigenvalue weighted by molar-refractivity contribution is -0.124. The molecule has 1 N–H and O–H groups in total. The molecule has 0 radical (unpaired) electrons. The van der Waals surface area contributed by atoms with Gasteiger partial charge in [0, 0.05) is 11.5 Å². The average Bonchev–Trinajstić information content (AvgIpc) is 2.90. The van der Waals surface area contributed by atoms with E-state index in [1.54, 1.807) is 20.8 Å². The van der Waals surface area contributed by atoms with E-state index in [0.717, 1.165) is 40.2 Å². The van der Waals surface area contributed by atoms with Gasteiger partial charge in [-0.05, 0) is 50.3 Å². The van der Waals surface area contributed by atoms with Gasteiger partial charge in [0.05, 0.1) is 6.04 Å². The van der Waals surface area contributed by atoms with Crippen molar-refractivity contribution in [1.82, 2.24) is 5.32 Å². The number of benzene rings is 3. The van der Waals surface area contributed by atoms with Crippen LogP contribution < -0.4 is 5.32 Å². The lowest BCUT2D eigenvalue weighted by Gasteiger charge is -2.28. The van der Waals surface area contributed by atoms with Gasteiger partial charge in [-0.15, -0.1) is 0 Å². The van der Waals surface area contributed by atoms with Crippen molar-refractivity contribution in [1.29, 1.82) is 0 Å². The monoisotopic (exact) mass is 549 g/mol. The van der Waals surface area contributed by atoms with Gasteiger partial charge in [0.15, 0.2) is 0 Å². The zero-order chi connectivity index (χ0) is 27.4. The second kappa shape index (κ2) is 14.8. The summed E-state index contributed by atoms with van der Waals surface area (Å²) < 4.78 is 5.50. The first-order chi connectivity index (χ1) is 18.2. The largest absolute Gasteiger partial charge is 0.444 e. The summed E-state index contributed by atoms with van der Waals surface area (Å²) in [5, 5.41) is 2.36. The summed E-state index contributed by atoms with van der Waals surface area (Å²) in [5.41, 5.74) is 2.35. The summed E-state index contributed by atoms with van der Waals surface area (Å²) in [4.78, 5) is 40.1. The number of amides is 1. The second-order valence-corrected chi connectivity index (χ2v) is 11.9. The van der Waals surface area contributed by atoms with Crippen LogP contribution in [0, 0.1) is 5.92 Å². The number of aryl methyl sites for hydroxylation is 1. The maximum atomic E-state index is 13.6. The molecule has 3 rings (SSSR count). The van der Waals surface area contributed by atoms with E-state index in [1.807, 2.05) is 91.0 Å². The van der Waals surface area contributed by atoms with E-state index < -0.39 is 23.7 Å². The molecule has 0 fully saturated rings. The second-order valence-electron chi connectivity index (χ2n) is 9.94. The molecule has 7 heteroatoms. The zero-order valence-electron chi connectivity index (χ0n) is 22.1. The van der Waals surface area contributed by atoms with Gasteiger partial charge in [0.1, 0.15) is 11.5 Å². The number of carbonyl (C=O) groups is 3. The molecule has 3 aromatic rings. The molecular weight excluding hydrogens is 514 g/mol. The summed E-state index contributed by atoms with van der Waals surface area (Å²) in [5.74, 6) is -0.122. The number of hydrogen-bond donors (Lipinski definition) is 1. The Labute approximate surface area is 234 Å². The zero-order valence-corrected chi connectivity index (χ0v) is 23.7. The van der Waals surface area contributed by atoms with Gasteiger partial charge in [0.2, 0.25) is 10.2 Å². The van der Waals surface area contributed by atoms with Crippen LogP contribution >= 0.6 is 23.5 Å². The normalized spacial score (nSPS) is 12.1. The van der Waals surface area contributed by atoms with Crippen LogP contribution in [0.5, 0.6) is 0 Å². The summed E-state index contributed by atoms with van der Waals surface area (Å²) in [6.07, 6.45) is 0.385. The molecule has 0 aliphatic rings. The van der Waals surface area contributed by atoms with Crippen molar-refractivity contribution in [3.05, 3.63) is 108 Å². The van der Waals surface area contributed by atoms with Gasteiger partial charge in [-0.2, -0.15) is 0 Å². The van der Waals surface area contributed by atoms with Crippen molar-refractivity contribution in [3.63, 3.8) is 0 Å². The van der Waals surface area contributed by atoms with E-state index in [4.69, 9.17) is 4.74 Å². The SMILES string of the molecule is CC(C)(C)OC(=O)N[C@H](CCc1ccccc1)C(C(=O)SCc1ccccc1)C(=O)SCc1ccccc1. The van der Waals surface area contributed by atoms with Crippen LogP contribution in [0.15, 0.2) is 91.0 Å². The molecule has 0 saturated carbocycles. The van der Waals surface area contributed by atoms with Crippen molar-refractivity contribution in [2.75, 3.05) is 0 Å². The minimum Gasteiger partial charge on any atom is -0.444 e. The number of nitrogens with one attached hydrogen (secondary N) is 1. The number of carbonyl (C=O) groups excluding carboxylic acids is 3. The lowest BCUT2D eigenvalue weighted by atomic mass is 9.95. The molecule has 0 heterocycles. The lowest BCUT2D eigenvalue weighted by Crippen LogP contribution is -2.47. The predicted octanol–water partition coefficient (Wildman–Crippen LogP) is 7.05. The van der Waals surface area contributed by atoms with Crippen molar-refractivity contribution < 1.29 is 19.1 Å². The summed E-state index contributed by atoms with van der Waals surface area (Å²) in [6, 6.07) is 28.5. The molecule has 200 valence electrons. The van der Waals surface area contributed by atoms with Crippen LogP contribution in [0.25, 0.3) is 0 Å². The minimum absolute atomic E-state index is 0.256. The first-order valence-corrected chi connectivity index (χ1v) is 14.6. The highest BCUT2D eigenvalue weighted by Gasteiger charge is 2.37. The first-order valence-electron chi connectivity index (χ1n) is 12.7. The Balaban J connectivity index is 1.83. The van der Waals surface area contributed by atoms with Crippen LogP contribution in [0.3, 0.4) is 0 Å². The number of alkyl carbamates (subject to hydrolysis) is 1. The average molecular weight is 550 g/mol. The van der Waals surface area contributed by atoms with Crippen LogP contribution in [0.1, 0.15) is 43.9 Å². The third-order valence-electron chi connectivity index (χ3n) is 5.65. The highest BCUT2D eigenvalue weighted by molar-refractivity contribution is 8.15. The Bertz CT molecular complexity index is 1110. The number of thioether (sulfide) groups is 2. The molecule has 0 aliphatic carbocycles. The molecule has 0 aliphatic heterocycles. The molecule has 0 spiro atoms. The van der Waals surface area contributed by atoms with E-state index in [9.17, 15) is 14.4 Å². The van der Waals surface area contributed by atoms with Crippen LogP contribution in [0.4, 0.5) is 4.79 Å². The van der Waals surface area contributed by atoms with Crippen LogP contribution in [-0.2, 0) is 32.3 Å². The number of hydrogen-bond acceptors (Lipinski definition) is 6. The van der Waals surface area contributed by atoms with E-state index in [0.29, 0.717) is 24.3 Å². The number of ether oxygens (including phenoxy) is 1. The van der Waals surface area contributed by atoms with E-state index in [-0.39, 0.29) is 10.2 Å². The molecule has 0 aromatic heterocycles. The predicted molar refractivity (Wildman–Crippen MR) is 157 cm³/mol. The topological polar surface area (TPSA) is 72.5 Å². The van der Waals surface area contributed by atoms with Gasteiger partial charge < -0.3 is 10.1 Å². The maximum absolute atomic E-state index is 13.6. The van der Waals surface area contributed by atoms with E-state index in [1.165, 1.54) is 0 Å². The Morgan fingerprint density at radius 3 is 1.55 bits per heavy atom. The van der Waals surface area contributed by atoms with Crippen molar-refractivity contribution in [2.45, 2.75) is 56.8 Å². The Morgan fingerprint density at radius 1 is 0.711 bits per heavy atom. The van der Waals surface area contributed by atoms with E-state index >= 15 is 0 Å². The highest BCUT2D eigenvalue weighted by atomic mass is 32.2. The highest BCUT2D eigenvalue weighted by Crippen LogP contribution is 2.28. The molecule has 3 aromatic carbocycles. The quantitative estimate of drug-likeness (QED) is 0.259. The molecular formula is C31H35NO4S2. The molecule has 5 nitrogen and oxygen atoms in total. The fourth-order valence-corrected chi connectivity index (χ4v) is 5.79. The van der Waals surface area contributed by atoms with Crippen molar-refractivity contribution in [3.8, 4) is 0 Å². The van der Waals surface area contributed by atoms with Crippen molar-refractivity contribution >= 4 is 39.8 Å². The van der Waals surface area contributed by atoms with Gasteiger partial charge in [-0.25, -0.2) is 4.79 Å². The Kier molecular flexibility index (Phi) is 11.5. The smallest absolute Gasteiger partial charge is 0.407 e. The van der Waals surface area contributed by atoms with E-state index in [2.05, 4.69) is 5.32 Å². The molecule has 38 heavy (non-hydrogen) atoms. The first kappa shape index (κ1) is 29.5. The Morgan fingerprint density at radius 2 is 1.13 bits per heavy atom. The van der Waals surface area contributed by atoms with Gasteiger partial charge >= 0.3 is 6.09 Å². The third-order valence-corrected chi connectivity index (χ3v) is 7.68. The fraction of sp³-hybridized carbons (Fsp3) is 0.323. The molecule has 1 amide bonds. The minimum atomic E-state index is -1.02. The summed E-state index contributed by atoms with van der Waals surface area (Å²) in [7, 11) is 0. The molecule has 1 atom stereocenters. The van der Waals surface area contributed by atoms with Crippen molar-refractivity contribution in [2.24, 2.45) is 5.92 Å². The van der Waals surface area contributed by atoms with Crippen LogP contribution in [0.2, 0.25) is 0 Å². The summed E-state index contributed by atoms with van der Waals surface area (Å²) >= 11 is 2.23. The molecule has 0 unspecified atom stereocenters.